The number of hydrogen-bond donors (Lipinski definition) is 3. The zero-order valence-electron chi connectivity index (χ0n) is 18.4. The number of benzene rings is 1. The van der Waals surface area contributed by atoms with Crippen LogP contribution in [0.1, 0.15) is 35.7 Å². The fourth-order valence-corrected chi connectivity index (χ4v) is 3.59. The Labute approximate surface area is 205 Å². The molecule has 0 radical (unpaired) electrons. The second kappa shape index (κ2) is 10.1. The summed E-state index contributed by atoms with van der Waals surface area (Å²) in [7, 11) is 1.39. The Morgan fingerprint density at radius 3 is 2.65 bits per heavy atom. The van der Waals surface area contributed by atoms with Crippen LogP contribution in [0.25, 0.3) is 22.4 Å². The summed E-state index contributed by atoms with van der Waals surface area (Å²) in [5, 5.41) is 6.36. The van der Waals surface area contributed by atoms with E-state index in [2.05, 4.69) is 30.6 Å². The molecule has 0 bridgehead atoms. The van der Waals surface area contributed by atoms with Crippen LogP contribution >= 0.6 is 24.0 Å². The molecule has 3 heterocycles. The molecule has 1 aromatic carbocycles. The second-order valence-corrected chi connectivity index (χ2v) is 8.03. The van der Waals surface area contributed by atoms with Crippen LogP contribution in [0.15, 0.2) is 42.9 Å². The quantitative estimate of drug-likeness (QED) is 0.251. The predicted octanol–water partition coefficient (Wildman–Crippen LogP) is 5.03. The van der Waals surface area contributed by atoms with Crippen molar-refractivity contribution in [2.24, 2.45) is 0 Å². The minimum absolute atomic E-state index is 0. The van der Waals surface area contributed by atoms with Gasteiger partial charge in [-0.25, -0.2) is 19.3 Å². The molecule has 0 aliphatic carbocycles. The summed E-state index contributed by atoms with van der Waals surface area (Å²) in [6.07, 6.45) is 4.63. The van der Waals surface area contributed by atoms with Gasteiger partial charge in [-0.05, 0) is 30.2 Å². The van der Waals surface area contributed by atoms with Crippen molar-refractivity contribution in [2.75, 3.05) is 12.4 Å². The molecule has 0 fully saturated rings. The molecule has 4 rings (SSSR count). The highest BCUT2D eigenvalue weighted by Crippen LogP contribution is 2.33. The molecule has 0 saturated carbocycles. The third-order valence-electron chi connectivity index (χ3n) is 5.11. The van der Waals surface area contributed by atoms with Crippen LogP contribution in [0.2, 0.25) is 5.02 Å². The van der Waals surface area contributed by atoms with Crippen molar-refractivity contribution in [1.82, 2.24) is 25.3 Å². The van der Waals surface area contributed by atoms with E-state index in [9.17, 15) is 14.0 Å². The molecule has 0 spiro atoms. The summed E-state index contributed by atoms with van der Waals surface area (Å²) >= 11 is 6.04. The van der Waals surface area contributed by atoms with Gasteiger partial charge < -0.3 is 15.6 Å². The number of fused-ring (bicyclic) bond motifs is 1. The van der Waals surface area contributed by atoms with Gasteiger partial charge in [-0.15, -0.1) is 12.4 Å². The molecule has 1 amide bonds. The van der Waals surface area contributed by atoms with Gasteiger partial charge >= 0.3 is 0 Å². The topological polar surface area (TPSA) is 113 Å². The first-order chi connectivity index (χ1) is 15.8. The lowest BCUT2D eigenvalue weighted by atomic mass is 10.0. The first-order valence-corrected chi connectivity index (χ1v) is 10.5. The molecule has 0 aliphatic heterocycles. The fraction of sp³-hybridized carbons (Fsp3) is 0.174. The number of likely N-dealkylation sites (N-methyl/N-ethyl adjacent to an activating group) is 1. The molecule has 11 heteroatoms. The molecular weight excluding hydrogens is 482 g/mol. The number of H-pyrrole nitrogens is 1. The molecule has 3 aromatic heterocycles. The number of aromatic amines is 1. The number of carbonyl (C=O) groups excluding carboxylic acids is 2. The normalized spacial score (nSPS) is 10.8. The van der Waals surface area contributed by atoms with Crippen LogP contribution in [0, 0.1) is 5.82 Å². The standard InChI is InChI=1S/C23H20ClFN6O2.ClH/c1-11(2)14-9-28-20(13-8-12(24)4-5-16(13)25)31-21(14)30-17-6-7-27-22-18(17)15(10-29-22)19(32)23(33)26-3;/h4-11H,1-3H3,(H,26,33)(H2,27,28,29,30,31);1H. The van der Waals surface area contributed by atoms with Crippen molar-refractivity contribution in [3.8, 4) is 11.4 Å². The third-order valence-corrected chi connectivity index (χ3v) is 5.35. The lowest BCUT2D eigenvalue weighted by Gasteiger charge is -2.16. The zero-order valence-corrected chi connectivity index (χ0v) is 20.0. The SMILES string of the molecule is CNC(=O)C(=O)c1c[nH]c2nccc(Nc3nc(-c4cc(Cl)ccc4F)ncc3C(C)C)c12.Cl. The molecule has 0 saturated heterocycles. The lowest BCUT2D eigenvalue weighted by molar-refractivity contribution is -0.116. The summed E-state index contributed by atoms with van der Waals surface area (Å²) in [5.74, 6) is -1.31. The van der Waals surface area contributed by atoms with Crippen molar-refractivity contribution in [3.63, 3.8) is 0 Å². The maximum Gasteiger partial charge on any atom is 0.292 e. The average molecular weight is 503 g/mol. The first-order valence-electron chi connectivity index (χ1n) is 10.1. The molecule has 34 heavy (non-hydrogen) atoms. The fourth-order valence-electron chi connectivity index (χ4n) is 3.42. The van der Waals surface area contributed by atoms with Crippen molar-refractivity contribution in [2.45, 2.75) is 19.8 Å². The number of aromatic nitrogens is 4. The minimum atomic E-state index is -0.741. The van der Waals surface area contributed by atoms with Crippen LogP contribution in [-0.2, 0) is 4.79 Å². The number of ketones is 1. The number of amides is 1. The molecule has 0 unspecified atom stereocenters. The van der Waals surface area contributed by atoms with Gasteiger partial charge in [-0.3, -0.25) is 9.59 Å². The predicted molar refractivity (Wildman–Crippen MR) is 132 cm³/mol. The van der Waals surface area contributed by atoms with E-state index in [1.165, 1.54) is 31.4 Å². The number of hydrogen-bond acceptors (Lipinski definition) is 6. The summed E-state index contributed by atoms with van der Waals surface area (Å²) in [6.45, 7) is 3.95. The van der Waals surface area contributed by atoms with Gasteiger partial charge in [0, 0.05) is 36.2 Å². The van der Waals surface area contributed by atoms with E-state index in [1.54, 1.807) is 18.5 Å². The monoisotopic (exact) mass is 502 g/mol. The number of carbonyl (C=O) groups is 2. The van der Waals surface area contributed by atoms with Crippen molar-refractivity contribution >= 4 is 58.2 Å². The van der Waals surface area contributed by atoms with Crippen molar-refractivity contribution in [3.05, 3.63) is 64.8 Å². The Bertz CT molecular complexity index is 1390. The van der Waals surface area contributed by atoms with E-state index in [-0.39, 0.29) is 35.3 Å². The van der Waals surface area contributed by atoms with Gasteiger partial charge in [0.25, 0.3) is 11.7 Å². The van der Waals surface area contributed by atoms with E-state index in [0.29, 0.717) is 27.6 Å². The van der Waals surface area contributed by atoms with E-state index >= 15 is 0 Å². The highest BCUT2D eigenvalue weighted by Gasteiger charge is 2.22. The van der Waals surface area contributed by atoms with E-state index in [1.807, 2.05) is 13.8 Å². The summed E-state index contributed by atoms with van der Waals surface area (Å²) in [4.78, 5) is 40.6. The molecule has 0 atom stereocenters. The third kappa shape index (κ3) is 4.71. The highest BCUT2D eigenvalue weighted by atomic mass is 35.5. The Morgan fingerprint density at radius 1 is 1.18 bits per heavy atom. The van der Waals surface area contributed by atoms with Crippen LogP contribution in [-0.4, -0.2) is 38.7 Å². The highest BCUT2D eigenvalue weighted by molar-refractivity contribution is 6.45. The summed E-state index contributed by atoms with van der Waals surface area (Å²) in [5.41, 5.74) is 2.04. The number of nitrogens with one attached hydrogen (secondary N) is 3. The molecule has 176 valence electrons. The zero-order chi connectivity index (χ0) is 23.7. The van der Waals surface area contributed by atoms with Crippen LogP contribution in [0.4, 0.5) is 15.9 Å². The lowest BCUT2D eigenvalue weighted by Crippen LogP contribution is -2.27. The van der Waals surface area contributed by atoms with Gasteiger partial charge in [0.1, 0.15) is 17.3 Å². The smallest absolute Gasteiger partial charge is 0.292 e. The molecule has 0 aliphatic rings. The second-order valence-electron chi connectivity index (χ2n) is 7.59. The van der Waals surface area contributed by atoms with Gasteiger partial charge in [0.05, 0.1) is 22.2 Å². The molecular formula is C23H21Cl2FN6O2. The summed E-state index contributed by atoms with van der Waals surface area (Å²) < 4.78 is 14.4. The van der Waals surface area contributed by atoms with Crippen LogP contribution < -0.4 is 10.6 Å². The maximum absolute atomic E-state index is 14.4. The Hall–Kier alpha value is -3.56. The number of halogens is 3. The van der Waals surface area contributed by atoms with E-state index in [4.69, 9.17) is 11.6 Å². The number of pyridine rings is 1. The van der Waals surface area contributed by atoms with Crippen molar-refractivity contribution in [1.29, 1.82) is 0 Å². The molecule has 4 aromatic rings. The molecule has 8 nitrogen and oxygen atoms in total. The van der Waals surface area contributed by atoms with Crippen LogP contribution in [0.3, 0.4) is 0 Å². The van der Waals surface area contributed by atoms with Crippen LogP contribution in [0.5, 0.6) is 0 Å². The largest absolute Gasteiger partial charge is 0.352 e. The van der Waals surface area contributed by atoms with Crippen molar-refractivity contribution < 1.29 is 14.0 Å². The van der Waals surface area contributed by atoms with Gasteiger partial charge in [-0.1, -0.05) is 25.4 Å². The Morgan fingerprint density at radius 2 is 1.94 bits per heavy atom. The maximum atomic E-state index is 14.4. The van der Waals surface area contributed by atoms with Gasteiger partial charge in [-0.2, -0.15) is 0 Å². The number of nitrogens with zero attached hydrogens (tertiary/aromatic N) is 3. The first kappa shape index (κ1) is 25.1. The number of Topliss-reactive ketones (excluding diaryl/α,β-unsaturated/α-hetero) is 1. The Kier molecular flexibility index (Phi) is 7.48. The minimum Gasteiger partial charge on any atom is -0.352 e. The average Bonchev–Trinajstić information content (AvgIpc) is 3.24. The Balaban J connectivity index is 0.00000324. The number of anilines is 2. The molecule has 3 N–H and O–H groups in total. The summed E-state index contributed by atoms with van der Waals surface area (Å²) in [6, 6.07) is 5.84. The number of rotatable bonds is 6. The van der Waals surface area contributed by atoms with Gasteiger partial charge in [0.2, 0.25) is 0 Å². The van der Waals surface area contributed by atoms with Gasteiger partial charge in [0.15, 0.2) is 5.82 Å². The van der Waals surface area contributed by atoms with E-state index in [0.717, 1.165) is 5.56 Å². The van der Waals surface area contributed by atoms with E-state index < -0.39 is 17.5 Å².